The molecule has 6 nitrogen and oxygen atoms in total. The Hall–Kier alpha value is -2.15. The predicted octanol–water partition coefficient (Wildman–Crippen LogP) is 4.57. The van der Waals surface area contributed by atoms with Crippen molar-refractivity contribution in [3.8, 4) is 11.1 Å². The van der Waals surface area contributed by atoms with Crippen LogP contribution < -0.4 is 16.0 Å². The van der Waals surface area contributed by atoms with Crippen LogP contribution in [0.4, 0.5) is 11.5 Å². The molecule has 166 valence electrons. The number of carbonyl (C=O) groups excluding carboxylic acids is 1. The Labute approximate surface area is 189 Å². The van der Waals surface area contributed by atoms with Crippen LogP contribution in [0.15, 0.2) is 36.5 Å². The third kappa shape index (κ3) is 5.97. The van der Waals surface area contributed by atoms with Gasteiger partial charge in [0, 0.05) is 49.8 Å². The fraction of sp³-hybridized carbons (Fsp3) is 0.500. The molecule has 7 heteroatoms. The van der Waals surface area contributed by atoms with Gasteiger partial charge < -0.3 is 20.7 Å². The number of halogens is 1. The Morgan fingerprint density at radius 2 is 2.06 bits per heavy atom. The topological polar surface area (TPSA) is 75.3 Å². The van der Waals surface area contributed by atoms with Crippen molar-refractivity contribution < 1.29 is 9.53 Å². The van der Waals surface area contributed by atoms with Crippen molar-refractivity contribution in [3.05, 3.63) is 41.6 Å². The molecule has 2 aromatic rings. The van der Waals surface area contributed by atoms with E-state index in [9.17, 15) is 4.79 Å². The van der Waals surface area contributed by atoms with Gasteiger partial charge in [-0.1, -0.05) is 23.7 Å². The highest BCUT2D eigenvalue weighted by molar-refractivity contribution is 6.33. The summed E-state index contributed by atoms with van der Waals surface area (Å²) in [4.78, 5) is 17.0. The molecule has 0 spiro atoms. The smallest absolute Gasteiger partial charge is 0.229 e. The second kappa shape index (κ2) is 10.4. The zero-order chi connectivity index (χ0) is 21.6. The third-order valence-corrected chi connectivity index (χ3v) is 6.55. The van der Waals surface area contributed by atoms with Crippen LogP contribution in [0.25, 0.3) is 11.1 Å². The molecule has 3 heterocycles. The summed E-state index contributed by atoms with van der Waals surface area (Å²) in [6.07, 6.45) is 5.70. The zero-order valence-electron chi connectivity index (χ0n) is 18.0. The van der Waals surface area contributed by atoms with Gasteiger partial charge in [0.1, 0.15) is 5.82 Å². The van der Waals surface area contributed by atoms with Crippen LogP contribution in [-0.4, -0.2) is 43.2 Å². The van der Waals surface area contributed by atoms with E-state index in [0.717, 1.165) is 62.3 Å². The van der Waals surface area contributed by atoms with Crippen LogP contribution in [-0.2, 0) is 9.53 Å². The van der Waals surface area contributed by atoms with E-state index in [2.05, 4.69) is 40.0 Å². The number of rotatable bonds is 6. The molecule has 2 aliphatic rings. The van der Waals surface area contributed by atoms with Gasteiger partial charge in [0.2, 0.25) is 5.91 Å². The first kappa shape index (κ1) is 22.1. The monoisotopic (exact) mass is 442 g/mol. The molecule has 2 saturated heterocycles. The number of aromatic nitrogens is 1. The minimum Gasteiger partial charge on any atom is -0.385 e. The van der Waals surface area contributed by atoms with Crippen LogP contribution in [0.3, 0.4) is 0 Å². The first-order valence-electron chi connectivity index (χ1n) is 11.2. The predicted molar refractivity (Wildman–Crippen MR) is 126 cm³/mol. The number of hydrogen-bond donors (Lipinski definition) is 3. The minimum absolute atomic E-state index is 0.00653. The quantitative estimate of drug-likeness (QED) is 0.611. The van der Waals surface area contributed by atoms with E-state index in [1.165, 1.54) is 0 Å². The molecule has 0 bridgehead atoms. The van der Waals surface area contributed by atoms with Gasteiger partial charge in [0.15, 0.2) is 0 Å². The summed E-state index contributed by atoms with van der Waals surface area (Å²) in [5, 5.41) is 10.5. The summed E-state index contributed by atoms with van der Waals surface area (Å²) in [7, 11) is 0. The summed E-state index contributed by atoms with van der Waals surface area (Å²) < 4.78 is 5.44. The van der Waals surface area contributed by atoms with Gasteiger partial charge in [-0.05, 0) is 62.3 Å². The number of anilines is 2. The molecular weight excluding hydrogens is 412 g/mol. The highest BCUT2D eigenvalue weighted by Gasteiger charge is 2.24. The van der Waals surface area contributed by atoms with Crippen LogP contribution in [0.5, 0.6) is 0 Å². The van der Waals surface area contributed by atoms with Crippen LogP contribution in [0, 0.1) is 11.8 Å². The Kier molecular flexibility index (Phi) is 7.43. The average molecular weight is 443 g/mol. The number of amides is 1. The molecular formula is C24H31ClN4O2. The van der Waals surface area contributed by atoms with Crippen LogP contribution in [0.2, 0.25) is 5.02 Å². The second-order valence-corrected chi connectivity index (χ2v) is 9.05. The maximum Gasteiger partial charge on any atom is 0.229 e. The van der Waals surface area contributed by atoms with E-state index >= 15 is 0 Å². The molecule has 1 amide bonds. The number of nitrogens with one attached hydrogen (secondary N) is 3. The van der Waals surface area contributed by atoms with Crippen molar-refractivity contribution in [1.82, 2.24) is 10.3 Å². The van der Waals surface area contributed by atoms with Crippen molar-refractivity contribution in [1.29, 1.82) is 0 Å². The van der Waals surface area contributed by atoms with E-state index in [1.54, 1.807) is 6.20 Å². The summed E-state index contributed by atoms with van der Waals surface area (Å²) >= 11 is 6.46. The van der Waals surface area contributed by atoms with Crippen molar-refractivity contribution in [2.24, 2.45) is 11.8 Å². The maximum atomic E-state index is 12.7. The average Bonchev–Trinajstić information content (AvgIpc) is 2.80. The number of carbonyl (C=O) groups is 1. The normalized spacial score (nSPS) is 22.1. The lowest BCUT2D eigenvalue weighted by atomic mass is 9.95. The van der Waals surface area contributed by atoms with Crippen molar-refractivity contribution >= 4 is 29.0 Å². The number of hydrogen-bond acceptors (Lipinski definition) is 5. The Morgan fingerprint density at radius 3 is 2.84 bits per heavy atom. The van der Waals surface area contributed by atoms with Crippen molar-refractivity contribution in [3.63, 3.8) is 0 Å². The number of piperidine rings is 1. The van der Waals surface area contributed by atoms with Crippen molar-refractivity contribution in [2.45, 2.75) is 38.6 Å². The number of ether oxygens (including phenoxy) is 1. The van der Waals surface area contributed by atoms with Crippen LogP contribution >= 0.6 is 11.6 Å². The molecule has 0 unspecified atom stereocenters. The van der Waals surface area contributed by atoms with Gasteiger partial charge in [0.25, 0.3) is 0 Å². The first-order chi connectivity index (χ1) is 15.1. The third-order valence-electron chi connectivity index (χ3n) is 6.25. The molecule has 2 fully saturated rings. The van der Waals surface area contributed by atoms with Gasteiger partial charge in [0.05, 0.1) is 10.9 Å². The van der Waals surface area contributed by atoms with Gasteiger partial charge in [-0.15, -0.1) is 0 Å². The van der Waals surface area contributed by atoms with E-state index in [-0.39, 0.29) is 11.8 Å². The molecule has 3 N–H and O–H groups in total. The molecule has 31 heavy (non-hydrogen) atoms. The van der Waals surface area contributed by atoms with Gasteiger partial charge in [-0.2, -0.15) is 0 Å². The highest BCUT2D eigenvalue weighted by Crippen LogP contribution is 2.31. The first-order valence-corrected chi connectivity index (χ1v) is 11.6. The lowest BCUT2D eigenvalue weighted by Crippen LogP contribution is -2.41. The fourth-order valence-corrected chi connectivity index (χ4v) is 4.40. The molecule has 0 saturated carbocycles. The minimum atomic E-state index is -0.0326. The van der Waals surface area contributed by atoms with Gasteiger partial charge in [-0.25, -0.2) is 4.98 Å². The summed E-state index contributed by atoms with van der Waals surface area (Å²) in [5.74, 6) is 1.14. The number of benzene rings is 1. The van der Waals surface area contributed by atoms with E-state index in [1.807, 2.05) is 18.2 Å². The lowest BCUT2D eigenvalue weighted by molar-refractivity contribution is -0.120. The molecule has 0 radical (unpaired) electrons. The molecule has 1 aromatic heterocycles. The fourth-order valence-electron chi connectivity index (χ4n) is 4.19. The van der Waals surface area contributed by atoms with E-state index < -0.39 is 0 Å². The Bertz CT molecular complexity index is 893. The molecule has 2 aliphatic heterocycles. The highest BCUT2D eigenvalue weighted by atomic mass is 35.5. The SMILES string of the molecule is C[C@H]1CC[C@H](C(=O)Nc2cc(-c3cccc(NCC4CCOCC4)c3)c(Cl)cn2)CN1. The molecule has 1 aromatic carbocycles. The second-order valence-electron chi connectivity index (χ2n) is 8.64. The molecule has 2 atom stereocenters. The van der Waals surface area contributed by atoms with Gasteiger partial charge >= 0.3 is 0 Å². The van der Waals surface area contributed by atoms with Gasteiger partial charge in [-0.3, -0.25) is 4.79 Å². The zero-order valence-corrected chi connectivity index (χ0v) is 18.8. The summed E-state index contributed by atoms with van der Waals surface area (Å²) in [6.45, 7) is 5.49. The number of pyridine rings is 1. The van der Waals surface area contributed by atoms with E-state index in [4.69, 9.17) is 16.3 Å². The van der Waals surface area contributed by atoms with Crippen molar-refractivity contribution in [2.75, 3.05) is 36.9 Å². The summed E-state index contributed by atoms with van der Waals surface area (Å²) in [5.41, 5.74) is 2.91. The standard InChI is InChI=1S/C24H31ClN4O2/c1-16-5-6-19(14-26-16)24(30)29-23-12-21(22(25)15-28-23)18-3-2-4-20(11-18)27-13-17-7-9-31-10-8-17/h2-4,11-12,15-17,19,26-27H,5-10,13-14H2,1H3,(H,28,29,30)/t16-,19-/m0/s1. The Morgan fingerprint density at radius 1 is 1.23 bits per heavy atom. The molecule has 0 aliphatic carbocycles. The van der Waals surface area contributed by atoms with E-state index in [0.29, 0.717) is 29.3 Å². The lowest BCUT2D eigenvalue weighted by Gasteiger charge is -2.26. The Balaban J connectivity index is 1.43. The summed E-state index contributed by atoms with van der Waals surface area (Å²) in [6, 6.07) is 10.5. The maximum absolute atomic E-state index is 12.7. The number of nitrogens with zero attached hydrogens (tertiary/aromatic N) is 1. The molecule has 4 rings (SSSR count). The largest absolute Gasteiger partial charge is 0.385 e. The van der Waals surface area contributed by atoms with Crippen LogP contribution in [0.1, 0.15) is 32.6 Å².